The van der Waals surface area contributed by atoms with Gasteiger partial charge < -0.3 is 20.9 Å². The number of fused-ring (bicyclic) bond motifs is 1. The van der Waals surface area contributed by atoms with Crippen LogP contribution in [-0.2, 0) is 0 Å². The van der Waals surface area contributed by atoms with Crippen LogP contribution >= 0.6 is 0 Å². The molecule has 1 aromatic heterocycles. The molecule has 1 heterocycles. The van der Waals surface area contributed by atoms with Gasteiger partial charge in [0.25, 0.3) is 0 Å². The molecule has 0 aliphatic heterocycles. The number of nitrogens with two attached hydrogens (primary N) is 1. The minimum Gasteiger partial charge on any atom is -0.389 e. The van der Waals surface area contributed by atoms with E-state index >= 15 is 0 Å². The van der Waals surface area contributed by atoms with Crippen molar-refractivity contribution in [3.63, 3.8) is 0 Å². The lowest BCUT2D eigenvalue weighted by atomic mass is 10.0. The van der Waals surface area contributed by atoms with E-state index in [2.05, 4.69) is 4.98 Å². The van der Waals surface area contributed by atoms with Gasteiger partial charge in [0.2, 0.25) is 0 Å². The van der Waals surface area contributed by atoms with Gasteiger partial charge in [0.05, 0.1) is 6.10 Å². The number of aliphatic hydroxyl groups is 2. The van der Waals surface area contributed by atoms with Crippen molar-refractivity contribution in [1.82, 2.24) is 4.98 Å². The Bertz CT molecular complexity index is 453. The highest BCUT2D eigenvalue weighted by atomic mass is 16.3. The Morgan fingerprint density at radius 3 is 2.73 bits per heavy atom. The number of aromatic amines is 1. The predicted octanol–water partition coefficient (Wildman–Crippen LogP) is 0.521. The number of nitrogens with one attached hydrogen (secondary N) is 1. The molecule has 80 valence electrons. The first-order valence-corrected chi connectivity index (χ1v) is 4.86. The van der Waals surface area contributed by atoms with Gasteiger partial charge >= 0.3 is 0 Å². The maximum atomic E-state index is 9.83. The summed E-state index contributed by atoms with van der Waals surface area (Å²) < 4.78 is 0. The number of benzene rings is 1. The van der Waals surface area contributed by atoms with E-state index in [1.807, 2.05) is 24.3 Å². The standard InChI is InChI=1S/C11H14N2O2/c12-5-10(14)11(15)8-6-13-9-4-2-1-3-7(8)9/h1-4,6,10-11,13-15H,5,12H2. The van der Waals surface area contributed by atoms with Gasteiger partial charge in [-0.05, 0) is 6.07 Å². The first-order valence-electron chi connectivity index (χ1n) is 4.86. The molecule has 0 aliphatic carbocycles. The number of hydrogen-bond acceptors (Lipinski definition) is 3. The third-order valence-electron chi connectivity index (χ3n) is 2.55. The molecule has 4 heteroatoms. The minimum absolute atomic E-state index is 0.0423. The molecule has 0 radical (unpaired) electrons. The highest BCUT2D eigenvalue weighted by Crippen LogP contribution is 2.25. The van der Waals surface area contributed by atoms with Crippen LogP contribution in [-0.4, -0.2) is 27.8 Å². The van der Waals surface area contributed by atoms with Crippen molar-refractivity contribution in [2.75, 3.05) is 6.54 Å². The van der Waals surface area contributed by atoms with Crippen molar-refractivity contribution in [3.8, 4) is 0 Å². The topological polar surface area (TPSA) is 82.3 Å². The zero-order valence-electron chi connectivity index (χ0n) is 8.22. The number of H-pyrrole nitrogens is 1. The van der Waals surface area contributed by atoms with Gasteiger partial charge in [-0.3, -0.25) is 0 Å². The summed E-state index contributed by atoms with van der Waals surface area (Å²) in [5, 5.41) is 20.2. The van der Waals surface area contributed by atoms with Crippen LogP contribution in [0.15, 0.2) is 30.5 Å². The third kappa shape index (κ3) is 1.74. The van der Waals surface area contributed by atoms with E-state index in [1.54, 1.807) is 6.20 Å². The van der Waals surface area contributed by atoms with E-state index in [4.69, 9.17) is 5.73 Å². The van der Waals surface area contributed by atoms with E-state index in [0.717, 1.165) is 10.9 Å². The van der Waals surface area contributed by atoms with Crippen LogP contribution in [0.3, 0.4) is 0 Å². The lowest BCUT2D eigenvalue weighted by Gasteiger charge is -2.15. The van der Waals surface area contributed by atoms with Gasteiger partial charge in [0.1, 0.15) is 6.10 Å². The van der Waals surface area contributed by atoms with E-state index in [9.17, 15) is 10.2 Å². The first-order chi connectivity index (χ1) is 7.24. The average molecular weight is 206 g/mol. The van der Waals surface area contributed by atoms with Crippen molar-refractivity contribution in [1.29, 1.82) is 0 Å². The summed E-state index contributed by atoms with van der Waals surface area (Å²) in [6, 6.07) is 7.61. The molecular formula is C11H14N2O2. The van der Waals surface area contributed by atoms with Gasteiger partial charge in [-0.1, -0.05) is 18.2 Å². The summed E-state index contributed by atoms with van der Waals surface area (Å²) in [6.07, 6.45) is -0.163. The number of rotatable bonds is 3. The van der Waals surface area contributed by atoms with Crippen LogP contribution in [0, 0.1) is 0 Å². The number of para-hydroxylation sites is 1. The zero-order valence-corrected chi connectivity index (χ0v) is 8.22. The maximum absolute atomic E-state index is 9.83. The SMILES string of the molecule is NCC(O)C(O)c1c[nH]c2ccccc12. The number of aromatic nitrogens is 1. The molecule has 0 spiro atoms. The molecule has 2 aromatic rings. The Kier molecular flexibility index (Phi) is 2.73. The highest BCUT2D eigenvalue weighted by Gasteiger charge is 2.19. The summed E-state index contributed by atoms with van der Waals surface area (Å²) in [5.41, 5.74) is 6.93. The van der Waals surface area contributed by atoms with Crippen LogP contribution in [0.4, 0.5) is 0 Å². The molecule has 2 rings (SSSR count). The van der Waals surface area contributed by atoms with E-state index in [1.165, 1.54) is 0 Å². The lowest BCUT2D eigenvalue weighted by Crippen LogP contribution is -2.26. The van der Waals surface area contributed by atoms with Gasteiger partial charge in [0, 0.05) is 29.2 Å². The first kappa shape index (κ1) is 10.2. The summed E-state index contributed by atoms with van der Waals surface area (Å²) in [7, 11) is 0. The quantitative estimate of drug-likeness (QED) is 0.591. The molecule has 0 fully saturated rings. The fourth-order valence-electron chi connectivity index (χ4n) is 1.67. The smallest absolute Gasteiger partial charge is 0.108 e. The molecule has 1 aromatic carbocycles. The van der Waals surface area contributed by atoms with Gasteiger partial charge in [-0.2, -0.15) is 0 Å². The summed E-state index contributed by atoms with van der Waals surface area (Å²) >= 11 is 0. The van der Waals surface area contributed by atoms with Crippen molar-refractivity contribution in [2.24, 2.45) is 5.73 Å². The zero-order chi connectivity index (χ0) is 10.8. The largest absolute Gasteiger partial charge is 0.389 e. The normalized spacial score (nSPS) is 15.4. The second-order valence-corrected chi connectivity index (χ2v) is 3.54. The summed E-state index contributed by atoms with van der Waals surface area (Å²) in [6.45, 7) is 0.0423. The number of aliphatic hydroxyl groups excluding tert-OH is 2. The van der Waals surface area contributed by atoms with E-state index in [-0.39, 0.29) is 6.54 Å². The molecule has 0 saturated heterocycles. The highest BCUT2D eigenvalue weighted by molar-refractivity contribution is 5.83. The monoisotopic (exact) mass is 206 g/mol. The molecule has 2 atom stereocenters. The third-order valence-corrected chi connectivity index (χ3v) is 2.55. The maximum Gasteiger partial charge on any atom is 0.108 e. The van der Waals surface area contributed by atoms with Crippen LogP contribution in [0.25, 0.3) is 10.9 Å². The summed E-state index contributed by atoms with van der Waals surface area (Å²) in [5.74, 6) is 0. The van der Waals surface area contributed by atoms with Crippen LogP contribution in [0.2, 0.25) is 0 Å². The van der Waals surface area contributed by atoms with Crippen molar-refractivity contribution in [3.05, 3.63) is 36.0 Å². The van der Waals surface area contributed by atoms with Crippen molar-refractivity contribution in [2.45, 2.75) is 12.2 Å². The van der Waals surface area contributed by atoms with Gasteiger partial charge in [0.15, 0.2) is 0 Å². The molecule has 4 nitrogen and oxygen atoms in total. The van der Waals surface area contributed by atoms with Crippen molar-refractivity contribution >= 4 is 10.9 Å². The Morgan fingerprint density at radius 2 is 2.00 bits per heavy atom. The molecular weight excluding hydrogens is 192 g/mol. The van der Waals surface area contributed by atoms with Gasteiger partial charge in [-0.15, -0.1) is 0 Å². The molecule has 0 bridgehead atoms. The Labute approximate surface area is 87.3 Å². The minimum atomic E-state index is -0.939. The number of hydrogen-bond donors (Lipinski definition) is 4. The average Bonchev–Trinajstić information content (AvgIpc) is 2.70. The lowest BCUT2D eigenvalue weighted by molar-refractivity contribution is 0.0252. The van der Waals surface area contributed by atoms with Crippen molar-refractivity contribution < 1.29 is 10.2 Å². The van der Waals surface area contributed by atoms with Crippen LogP contribution in [0.1, 0.15) is 11.7 Å². The second kappa shape index (κ2) is 4.02. The predicted molar refractivity (Wildman–Crippen MR) is 58.3 cm³/mol. The molecule has 5 N–H and O–H groups in total. The Balaban J connectivity index is 2.43. The molecule has 0 saturated carbocycles. The molecule has 15 heavy (non-hydrogen) atoms. The van der Waals surface area contributed by atoms with Gasteiger partial charge in [-0.25, -0.2) is 0 Å². The fraction of sp³-hybridized carbons (Fsp3) is 0.273. The molecule has 2 unspecified atom stereocenters. The molecule has 0 aliphatic rings. The van der Waals surface area contributed by atoms with E-state index < -0.39 is 12.2 Å². The molecule has 0 amide bonds. The van der Waals surface area contributed by atoms with E-state index in [0.29, 0.717) is 5.56 Å². The van der Waals surface area contributed by atoms with Crippen LogP contribution < -0.4 is 5.73 Å². The Hall–Kier alpha value is -1.36. The Morgan fingerprint density at radius 1 is 1.27 bits per heavy atom. The fourth-order valence-corrected chi connectivity index (χ4v) is 1.67. The summed E-state index contributed by atoms with van der Waals surface area (Å²) in [4.78, 5) is 3.04. The van der Waals surface area contributed by atoms with Crippen LogP contribution in [0.5, 0.6) is 0 Å². The second-order valence-electron chi connectivity index (χ2n) is 3.54.